The second-order valence-electron chi connectivity index (χ2n) is 6.94. The Morgan fingerprint density at radius 3 is 2.71 bits per heavy atom. The van der Waals surface area contributed by atoms with Crippen LogP contribution < -0.4 is 5.32 Å². The molecule has 0 atom stereocenters. The van der Waals surface area contributed by atoms with Crippen molar-refractivity contribution in [2.75, 3.05) is 37.4 Å². The maximum atomic E-state index is 12.9. The molecule has 0 saturated carbocycles. The molecular weight excluding hydrogens is 460 g/mol. The van der Waals surface area contributed by atoms with E-state index in [1.807, 2.05) is 35.9 Å². The average Bonchev–Trinajstić information content (AvgIpc) is 3.10. The van der Waals surface area contributed by atoms with Crippen molar-refractivity contribution in [1.29, 1.82) is 0 Å². The number of ether oxygens (including phenoxy) is 1. The fraction of sp³-hybridized carbons (Fsp3) is 0.300. The Hall–Kier alpha value is -2.11. The molecule has 0 radical (unpaired) electrons. The molecule has 2 aromatic carbocycles. The highest BCUT2D eigenvalue weighted by Gasteiger charge is 2.28. The van der Waals surface area contributed by atoms with E-state index in [9.17, 15) is 13.2 Å². The van der Waals surface area contributed by atoms with Crippen molar-refractivity contribution in [3.8, 4) is 0 Å². The number of morpholine rings is 1. The van der Waals surface area contributed by atoms with Crippen LogP contribution in [0.3, 0.4) is 0 Å². The molecule has 31 heavy (non-hydrogen) atoms. The van der Waals surface area contributed by atoms with Crippen molar-refractivity contribution in [3.05, 3.63) is 47.5 Å². The van der Waals surface area contributed by atoms with Crippen LogP contribution in [-0.2, 0) is 26.6 Å². The van der Waals surface area contributed by atoms with Crippen molar-refractivity contribution >= 4 is 56.0 Å². The molecule has 1 saturated heterocycles. The van der Waals surface area contributed by atoms with Gasteiger partial charge in [-0.15, -0.1) is 0 Å². The molecule has 1 N–H and O–H groups in total. The van der Waals surface area contributed by atoms with Gasteiger partial charge in [0, 0.05) is 25.8 Å². The number of aromatic nitrogens is 2. The first-order valence-electron chi connectivity index (χ1n) is 9.58. The third-order valence-electron chi connectivity index (χ3n) is 4.88. The predicted octanol–water partition coefficient (Wildman–Crippen LogP) is 2.98. The molecule has 1 fully saturated rings. The number of sulfonamides is 1. The number of imidazole rings is 1. The van der Waals surface area contributed by atoms with E-state index in [-0.39, 0.29) is 34.7 Å². The van der Waals surface area contributed by atoms with Gasteiger partial charge in [-0.05, 0) is 30.3 Å². The minimum absolute atomic E-state index is 0.0307. The summed E-state index contributed by atoms with van der Waals surface area (Å²) >= 11 is 7.48. The van der Waals surface area contributed by atoms with E-state index in [0.717, 1.165) is 16.2 Å². The third kappa shape index (κ3) is 4.73. The highest BCUT2D eigenvalue weighted by atomic mass is 35.5. The van der Waals surface area contributed by atoms with Gasteiger partial charge in [-0.2, -0.15) is 4.31 Å². The van der Waals surface area contributed by atoms with E-state index in [0.29, 0.717) is 18.9 Å². The summed E-state index contributed by atoms with van der Waals surface area (Å²) in [5.74, 6) is -0.139. The number of hydrogen-bond acceptors (Lipinski definition) is 6. The van der Waals surface area contributed by atoms with Crippen molar-refractivity contribution in [2.24, 2.45) is 7.05 Å². The van der Waals surface area contributed by atoms with E-state index in [1.165, 1.54) is 28.2 Å². The maximum Gasteiger partial charge on any atom is 0.244 e. The number of halogens is 1. The minimum atomic E-state index is -3.78. The van der Waals surface area contributed by atoms with Gasteiger partial charge in [0.25, 0.3) is 0 Å². The number of carbonyl (C=O) groups is 1. The number of benzene rings is 2. The quantitative estimate of drug-likeness (QED) is 0.545. The Labute approximate surface area is 189 Å². The lowest BCUT2D eigenvalue weighted by atomic mass is 10.3. The zero-order valence-corrected chi connectivity index (χ0v) is 19.1. The van der Waals surface area contributed by atoms with Gasteiger partial charge in [-0.3, -0.25) is 4.79 Å². The van der Waals surface area contributed by atoms with E-state index >= 15 is 0 Å². The van der Waals surface area contributed by atoms with Gasteiger partial charge in [0.1, 0.15) is 4.90 Å². The van der Waals surface area contributed by atoms with Gasteiger partial charge in [0.2, 0.25) is 15.9 Å². The zero-order chi connectivity index (χ0) is 22.0. The zero-order valence-electron chi connectivity index (χ0n) is 16.7. The van der Waals surface area contributed by atoms with Crippen LogP contribution in [0.15, 0.2) is 52.5 Å². The highest BCUT2D eigenvalue weighted by molar-refractivity contribution is 7.99. The number of fused-ring (bicyclic) bond motifs is 1. The van der Waals surface area contributed by atoms with Crippen LogP contribution in [0.5, 0.6) is 0 Å². The SMILES string of the molecule is Cn1c(SCC(=O)Nc2ccc(Cl)c(S(=O)(=O)N3CCOCC3)c2)nc2ccccc21. The second-order valence-corrected chi connectivity index (χ2v) is 10.2. The normalized spacial score (nSPS) is 15.3. The fourth-order valence-electron chi connectivity index (χ4n) is 3.28. The first kappa shape index (κ1) is 22.1. The number of thioether (sulfide) groups is 1. The van der Waals surface area contributed by atoms with Gasteiger partial charge < -0.3 is 14.6 Å². The molecule has 4 rings (SSSR count). The van der Waals surface area contributed by atoms with Crippen LogP contribution in [0.25, 0.3) is 11.0 Å². The lowest BCUT2D eigenvalue weighted by Crippen LogP contribution is -2.40. The summed E-state index contributed by atoms with van der Waals surface area (Å²) in [6.07, 6.45) is 0. The van der Waals surface area contributed by atoms with E-state index < -0.39 is 10.0 Å². The number of nitrogens with one attached hydrogen (secondary N) is 1. The summed E-state index contributed by atoms with van der Waals surface area (Å²) in [6.45, 7) is 1.22. The minimum Gasteiger partial charge on any atom is -0.379 e. The molecule has 11 heteroatoms. The standard InChI is InChI=1S/C20H21ClN4O4S2/c1-24-17-5-3-2-4-16(17)23-20(24)30-13-19(26)22-14-6-7-15(21)18(12-14)31(27,28)25-8-10-29-11-9-25/h2-7,12H,8-11,13H2,1H3,(H,22,26). The molecule has 0 unspecified atom stereocenters. The maximum absolute atomic E-state index is 12.9. The van der Waals surface area contributed by atoms with Crippen LogP contribution in [0, 0.1) is 0 Å². The molecule has 2 heterocycles. The van der Waals surface area contributed by atoms with Crippen LogP contribution in [-0.4, -0.2) is 60.2 Å². The molecular formula is C20H21ClN4O4S2. The van der Waals surface area contributed by atoms with Crippen molar-refractivity contribution < 1.29 is 17.9 Å². The average molecular weight is 481 g/mol. The van der Waals surface area contributed by atoms with Gasteiger partial charge in [-0.25, -0.2) is 13.4 Å². The lowest BCUT2D eigenvalue weighted by Gasteiger charge is -2.26. The topological polar surface area (TPSA) is 93.5 Å². The molecule has 3 aromatic rings. The molecule has 1 amide bonds. The van der Waals surface area contributed by atoms with E-state index in [1.54, 1.807) is 6.07 Å². The first-order valence-corrected chi connectivity index (χ1v) is 12.4. The Morgan fingerprint density at radius 2 is 1.97 bits per heavy atom. The number of para-hydroxylation sites is 2. The number of carbonyl (C=O) groups excluding carboxylic acids is 1. The van der Waals surface area contributed by atoms with Crippen molar-refractivity contribution in [1.82, 2.24) is 13.9 Å². The largest absolute Gasteiger partial charge is 0.379 e. The third-order valence-corrected chi connectivity index (χ3v) is 8.29. The van der Waals surface area contributed by atoms with Crippen LogP contribution >= 0.6 is 23.4 Å². The molecule has 0 aliphatic carbocycles. The monoisotopic (exact) mass is 480 g/mol. The number of hydrogen-bond donors (Lipinski definition) is 1. The van der Waals surface area contributed by atoms with Gasteiger partial charge in [0.05, 0.1) is 35.0 Å². The number of anilines is 1. The summed E-state index contributed by atoms with van der Waals surface area (Å²) in [6, 6.07) is 12.2. The molecule has 1 aromatic heterocycles. The second kappa shape index (κ2) is 9.17. The predicted molar refractivity (Wildman–Crippen MR) is 121 cm³/mol. The molecule has 1 aliphatic heterocycles. The molecule has 164 valence electrons. The Kier molecular flexibility index (Phi) is 6.54. The van der Waals surface area contributed by atoms with Gasteiger partial charge >= 0.3 is 0 Å². The number of nitrogens with zero attached hydrogens (tertiary/aromatic N) is 3. The Bertz CT molecular complexity index is 1220. The molecule has 0 spiro atoms. The van der Waals surface area contributed by atoms with E-state index in [4.69, 9.17) is 16.3 Å². The summed E-state index contributed by atoms with van der Waals surface area (Å²) in [4.78, 5) is 17.0. The van der Waals surface area contributed by atoms with Crippen LogP contribution in [0.1, 0.15) is 0 Å². The first-order chi connectivity index (χ1) is 14.9. The fourth-order valence-corrected chi connectivity index (χ4v) is 5.98. The van der Waals surface area contributed by atoms with Crippen molar-refractivity contribution in [3.63, 3.8) is 0 Å². The summed E-state index contributed by atoms with van der Waals surface area (Å²) in [5.41, 5.74) is 2.22. The summed E-state index contributed by atoms with van der Waals surface area (Å²) in [7, 11) is -1.87. The Morgan fingerprint density at radius 1 is 1.23 bits per heavy atom. The number of aryl methyl sites for hydroxylation is 1. The lowest BCUT2D eigenvalue weighted by molar-refractivity contribution is -0.113. The van der Waals surface area contributed by atoms with Crippen LogP contribution in [0.4, 0.5) is 5.69 Å². The van der Waals surface area contributed by atoms with Gasteiger partial charge in [-0.1, -0.05) is 35.5 Å². The summed E-state index contributed by atoms with van der Waals surface area (Å²) < 4.78 is 34.4. The van der Waals surface area contributed by atoms with Gasteiger partial charge in [0.15, 0.2) is 5.16 Å². The van der Waals surface area contributed by atoms with E-state index in [2.05, 4.69) is 10.3 Å². The van der Waals surface area contributed by atoms with Crippen molar-refractivity contribution in [2.45, 2.75) is 10.1 Å². The Balaban J connectivity index is 1.46. The molecule has 1 aliphatic rings. The van der Waals surface area contributed by atoms with Crippen LogP contribution in [0.2, 0.25) is 5.02 Å². The number of rotatable bonds is 6. The highest BCUT2D eigenvalue weighted by Crippen LogP contribution is 2.29. The molecule has 0 bridgehead atoms. The molecule has 8 nitrogen and oxygen atoms in total. The smallest absolute Gasteiger partial charge is 0.244 e. The summed E-state index contributed by atoms with van der Waals surface area (Å²) in [5, 5.41) is 3.58. The number of amides is 1.